The molecule has 3 atom stereocenters. The minimum atomic E-state index is -0.362. The average Bonchev–Trinajstić information content (AvgIpc) is 1.99. The van der Waals surface area contributed by atoms with E-state index in [-0.39, 0.29) is 18.8 Å². The number of aliphatic hydroxyl groups excluding tert-OH is 2. The van der Waals surface area contributed by atoms with Gasteiger partial charge < -0.3 is 10.2 Å². The first-order chi connectivity index (χ1) is 5.16. The van der Waals surface area contributed by atoms with Crippen LogP contribution in [0.4, 0.5) is 0 Å². The summed E-state index contributed by atoms with van der Waals surface area (Å²) in [5, 5.41) is 18.6. The lowest BCUT2D eigenvalue weighted by Crippen LogP contribution is -2.51. The van der Waals surface area contributed by atoms with E-state index in [9.17, 15) is 5.11 Å². The van der Waals surface area contributed by atoms with Gasteiger partial charge in [-0.3, -0.25) is 4.90 Å². The first-order valence-corrected chi connectivity index (χ1v) is 4.16. The molecule has 0 aromatic rings. The van der Waals surface area contributed by atoms with E-state index in [1.54, 1.807) is 0 Å². The molecule has 1 aliphatic rings. The highest BCUT2D eigenvalue weighted by molar-refractivity contribution is 4.85. The van der Waals surface area contributed by atoms with E-state index in [2.05, 4.69) is 0 Å². The molecule has 11 heavy (non-hydrogen) atoms. The van der Waals surface area contributed by atoms with E-state index in [1.807, 2.05) is 18.9 Å². The van der Waals surface area contributed by atoms with Gasteiger partial charge in [-0.05, 0) is 25.9 Å². The maximum absolute atomic E-state index is 9.61. The van der Waals surface area contributed by atoms with Gasteiger partial charge in [0.05, 0.1) is 18.8 Å². The molecule has 0 amide bonds. The largest absolute Gasteiger partial charge is 0.395 e. The Morgan fingerprint density at radius 2 is 2.18 bits per heavy atom. The van der Waals surface area contributed by atoms with Gasteiger partial charge in [-0.2, -0.15) is 0 Å². The molecule has 1 heterocycles. The molecule has 0 aliphatic carbocycles. The van der Waals surface area contributed by atoms with Crippen molar-refractivity contribution >= 4 is 0 Å². The Morgan fingerprint density at radius 3 is 2.64 bits per heavy atom. The van der Waals surface area contributed by atoms with Gasteiger partial charge in [0.1, 0.15) is 0 Å². The normalized spacial score (nSPS) is 40.9. The highest BCUT2D eigenvalue weighted by atomic mass is 16.3. The van der Waals surface area contributed by atoms with Crippen molar-refractivity contribution in [2.45, 2.75) is 25.5 Å². The van der Waals surface area contributed by atoms with Crippen molar-refractivity contribution in [1.29, 1.82) is 0 Å². The van der Waals surface area contributed by atoms with Crippen molar-refractivity contribution in [3.05, 3.63) is 0 Å². The van der Waals surface area contributed by atoms with E-state index in [4.69, 9.17) is 5.11 Å². The maximum atomic E-state index is 9.61. The number of nitrogens with zero attached hydrogens (tertiary/aromatic N) is 1. The summed E-state index contributed by atoms with van der Waals surface area (Å²) in [7, 11) is 1.94. The molecule has 1 aliphatic heterocycles. The lowest BCUT2D eigenvalue weighted by atomic mass is 9.90. The van der Waals surface area contributed by atoms with E-state index in [0.717, 1.165) is 13.0 Å². The first kappa shape index (κ1) is 8.97. The van der Waals surface area contributed by atoms with Gasteiger partial charge in [0.25, 0.3) is 0 Å². The van der Waals surface area contributed by atoms with E-state index < -0.39 is 0 Å². The Bertz CT molecular complexity index is 129. The van der Waals surface area contributed by atoms with Gasteiger partial charge in [0, 0.05) is 0 Å². The van der Waals surface area contributed by atoms with Gasteiger partial charge >= 0.3 is 0 Å². The number of aliphatic hydroxyl groups is 2. The molecule has 0 aromatic heterocycles. The third-order valence-electron chi connectivity index (χ3n) is 2.67. The standard InChI is InChI=1S/C8H17NO2/c1-6-3-4-9(2)7(5-10)8(6)11/h6-8,10-11H,3-5H2,1-2H3/t6-,7-,8-/m1/s1. The van der Waals surface area contributed by atoms with Crippen LogP contribution in [0.1, 0.15) is 13.3 Å². The van der Waals surface area contributed by atoms with Crippen LogP contribution in [0, 0.1) is 5.92 Å². The van der Waals surface area contributed by atoms with Crippen molar-refractivity contribution < 1.29 is 10.2 Å². The predicted molar refractivity (Wildman–Crippen MR) is 43.3 cm³/mol. The topological polar surface area (TPSA) is 43.7 Å². The van der Waals surface area contributed by atoms with Gasteiger partial charge in [-0.25, -0.2) is 0 Å². The van der Waals surface area contributed by atoms with Crippen molar-refractivity contribution in [2.24, 2.45) is 5.92 Å². The molecule has 0 unspecified atom stereocenters. The highest BCUT2D eigenvalue weighted by Gasteiger charge is 2.31. The molecule has 0 radical (unpaired) electrons. The van der Waals surface area contributed by atoms with Crippen LogP contribution in [-0.2, 0) is 0 Å². The van der Waals surface area contributed by atoms with Crippen molar-refractivity contribution in [3.8, 4) is 0 Å². The second-order valence-electron chi connectivity index (χ2n) is 3.49. The molecular weight excluding hydrogens is 142 g/mol. The van der Waals surface area contributed by atoms with Gasteiger partial charge in [0.15, 0.2) is 0 Å². The smallest absolute Gasteiger partial charge is 0.0743 e. The average molecular weight is 159 g/mol. The van der Waals surface area contributed by atoms with Crippen LogP contribution in [0.5, 0.6) is 0 Å². The SMILES string of the molecule is C[C@@H]1CCN(C)[C@H](CO)[C@@H]1O. The summed E-state index contributed by atoms with van der Waals surface area (Å²) in [6.45, 7) is 3.06. The van der Waals surface area contributed by atoms with Crippen molar-refractivity contribution in [2.75, 3.05) is 20.2 Å². The Morgan fingerprint density at radius 1 is 1.55 bits per heavy atom. The zero-order valence-electron chi connectivity index (χ0n) is 7.20. The summed E-state index contributed by atoms with van der Waals surface area (Å²) in [5.74, 6) is 0.323. The van der Waals surface area contributed by atoms with Gasteiger partial charge in [0.2, 0.25) is 0 Å². The number of likely N-dealkylation sites (tertiary alicyclic amines) is 1. The van der Waals surface area contributed by atoms with Gasteiger partial charge in [-0.15, -0.1) is 0 Å². The quantitative estimate of drug-likeness (QED) is 0.551. The summed E-state index contributed by atoms with van der Waals surface area (Å²) in [4.78, 5) is 2.02. The van der Waals surface area contributed by atoms with Crippen LogP contribution in [0.15, 0.2) is 0 Å². The summed E-state index contributed by atoms with van der Waals surface area (Å²) >= 11 is 0. The Kier molecular flexibility index (Phi) is 2.87. The van der Waals surface area contributed by atoms with Crippen LogP contribution >= 0.6 is 0 Å². The molecule has 1 rings (SSSR count). The molecule has 1 saturated heterocycles. The molecule has 66 valence electrons. The molecule has 3 heteroatoms. The van der Waals surface area contributed by atoms with E-state index in [1.165, 1.54) is 0 Å². The summed E-state index contributed by atoms with van der Waals surface area (Å²) in [6, 6.07) is -0.0567. The predicted octanol–water partition coefficient (Wildman–Crippen LogP) is -0.320. The first-order valence-electron chi connectivity index (χ1n) is 4.16. The molecule has 0 aromatic carbocycles. The van der Waals surface area contributed by atoms with Crippen LogP contribution in [0.25, 0.3) is 0 Å². The van der Waals surface area contributed by atoms with Crippen LogP contribution in [-0.4, -0.2) is 47.5 Å². The monoisotopic (exact) mass is 159 g/mol. The Hall–Kier alpha value is -0.120. The van der Waals surface area contributed by atoms with Crippen molar-refractivity contribution in [3.63, 3.8) is 0 Å². The highest BCUT2D eigenvalue weighted by Crippen LogP contribution is 2.21. The van der Waals surface area contributed by atoms with Crippen LogP contribution < -0.4 is 0 Å². The van der Waals surface area contributed by atoms with Gasteiger partial charge in [-0.1, -0.05) is 6.92 Å². The minimum absolute atomic E-state index is 0.0567. The second kappa shape index (κ2) is 3.52. The molecule has 3 nitrogen and oxygen atoms in total. The molecule has 2 N–H and O–H groups in total. The van der Waals surface area contributed by atoms with Crippen LogP contribution in [0.3, 0.4) is 0 Å². The third-order valence-corrected chi connectivity index (χ3v) is 2.67. The lowest BCUT2D eigenvalue weighted by Gasteiger charge is -2.39. The molecule has 0 saturated carbocycles. The van der Waals surface area contributed by atoms with Crippen molar-refractivity contribution in [1.82, 2.24) is 4.90 Å². The zero-order chi connectivity index (χ0) is 8.43. The maximum Gasteiger partial charge on any atom is 0.0743 e. The summed E-state index contributed by atoms with van der Waals surface area (Å²) < 4.78 is 0. The van der Waals surface area contributed by atoms with E-state index >= 15 is 0 Å². The summed E-state index contributed by atoms with van der Waals surface area (Å²) in [5.41, 5.74) is 0. The minimum Gasteiger partial charge on any atom is -0.395 e. The zero-order valence-corrected chi connectivity index (χ0v) is 7.20. The fourth-order valence-corrected chi connectivity index (χ4v) is 1.63. The number of hydrogen-bond donors (Lipinski definition) is 2. The number of rotatable bonds is 1. The Labute approximate surface area is 67.6 Å². The van der Waals surface area contributed by atoms with Crippen LogP contribution in [0.2, 0.25) is 0 Å². The molecule has 0 spiro atoms. The second-order valence-corrected chi connectivity index (χ2v) is 3.49. The fraction of sp³-hybridized carbons (Fsp3) is 1.00. The lowest BCUT2D eigenvalue weighted by molar-refractivity contribution is -0.0346. The summed E-state index contributed by atoms with van der Waals surface area (Å²) in [6.07, 6.45) is 0.660. The molecule has 0 bridgehead atoms. The third kappa shape index (κ3) is 1.72. The molecule has 1 fully saturated rings. The Balaban J connectivity index is 2.55. The number of likely N-dealkylation sites (N-methyl/N-ethyl adjacent to an activating group) is 1. The number of piperidine rings is 1. The molecular formula is C8H17NO2. The number of hydrogen-bond acceptors (Lipinski definition) is 3. The fourth-order valence-electron chi connectivity index (χ4n) is 1.63. The van der Waals surface area contributed by atoms with E-state index in [0.29, 0.717) is 5.92 Å².